The second kappa shape index (κ2) is 21.6. The van der Waals surface area contributed by atoms with Crippen LogP contribution in [0, 0.1) is 0 Å². The Morgan fingerprint density at radius 2 is 1.28 bits per heavy atom. The number of hydrogen-bond donors (Lipinski definition) is 3. The van der Waals surface area contributed by atoms with Crippen molar-refractivity contribution in [2.75, 3.05) is 83.7 Å². The van der Waals surface area contributed by atoms with Crippen molar-refractivity contribution in [2.45, 2.75) is 88.8 Å². The average Bonchev–Trinajstić information content (AvgIpc) is 4.33. The second-order valence-electron chi connectivity index (χ2n) is 19.8. The summed E-state index contributed by atoms with van der Waals surface area (Å²) in [6, 6.07) is 13.0. The normalized spacial score (nSPS) is 21.3. The fourth-order valence-corrected chi connectivity index (χ4v) is 9.42. The summed E-state index contributed by atoms with van der Waals surface area (Å²) in [6.45, 7) is 11.9. The van der Waals surface area contributed by atoms with Crippen LogP contribution in [-0.2, 0) is 31.3 Å². The molecule has 2 aromatic carbocycles. The van der Waals surface area contributed by atoms with Gasteiger partial charge in [-0.1, -0.05) is 24.3 Å². The van der Waals surface area contributed by atoms with Crippen LogP contribution in [0.3, 0.4) is 0 Å². The van der Waals surface area contributed by atoms with Gasteiger partial charge >= 0.3 is 30.4 Å². The monoisotopic (exact) mass is 1090 g/mol. The molecule has 0 saturated carbocycles. The van der Waals surface area contributed by atoms with Gasteiger partial charge in [-0.05, 0) is 76.9 Å². The summed E-state index contributed by atoms with van der Waals surface area (Å²) < 4.78 is 112. The highest BCUT2D eigenvalue weighted by atomic mass is 19.4. The van der Waals surface area contributed by atoms with E-state index in [1.54, 1.807) is 30.7 Å². The molecule has 6 aliphatic heterocycles. The van der Waals surface area contributed by atoms with Gasteiger partial charge in [0.2, 0.25) is 0 Å². The van der Waals surface area contributed by atoms with Crippen molar-refractivity contribution in [3.05, 3.63) is 96.6 Å². The van der Waals surface area contributed by atoms with E-state index in [0.717, 1.165) is 49.5 Å². The molecule has 4 aromatic heterocycles. The van der Waals surface area contributed by atoms with Gasteiger partial charge in [0, 0.05) is 55.7 Å². The summed E-state index contributed by atoms with van der Waals surface area (Å²) in [4.78, 5) is 53.1. The predicted molar refractivity (Wildman–Crippen MR) is 271 cm³/mol. The summed E-state index contributed by atoms with van der Waals surface area (Å²) in [6.07, 6.45) is -1.27. The SMILES string of the molecule is CC1(C)OC[C@@H](COc2nccc(N)n2)O1.CC1(C)OC[C@@H](COc2nccc(NC(=O)N3c4nc(-c5cccc(C(F)(F)F)c5)ncc4N4CC[C@H]3C4)n2)O1.FC(F)(F)c1cccc(-c2ncc3c(n2)N[C@H]2CCN3C2)c1. The fourth-order valence-electron chi connectivity index (χ4n) is 9.42. The number of carbonyl (C=O) groups excluding carboxylic acids is 1. The van der Waals surface area contributed by atoms with E-state index in [4.69, 9.17) is 34.2 Å². The third kappa shape index (κ3) is 12.6. The largest absolute Gasteiger partial charge is 0.461 e. The minimum absolute atomic E-state index is 0.0614. The number of nitrogens with one attached hydrogen (secondary N) is 2. The molecule has 4 bridgehead atoms. The Morgan fingerprint density at radius 1 is 0.718 bits per heavy atom. The lowest BCUT2D eigenvalue weighted by Crippen LogP contribution is -2.48. The van der Waals surface area contributed by atoms with Crippen molar-refractivity contribution in [2.24, 2.45) is 0 Å². The Kier molecular flexibility index (Phi) is 14.8. The maximum Gasteiger partial charge on any atom is 0.416 e. The quantitative estimate of drug-likeness (QED) is 0.117. The molecule has 6 aliphatic rings. The summed E-state index contributed by atoms with van der Waals surface area (Å²) in [7, 11) is 0. The van der Waals surface area contributed by atoms with E-state index in [9.17, 15) is 31.1 Å². The van der Waals surface area contributed by atoms with E-state index < -0.39 is 41.1 Å². The molecule has 6 aromatic rings. The molecule has 4 N–H and O–H groups in total. The third-order valence-corrected chi connectivity index (χ3v) is 13.1. The number of ether oxygens (including phenoxy) is 6. The maximum absolute atomic E-state index is 13.6. The molecule has 78 heavy (non-hydrogen) atoms. The van der Waals surface area contributed by atoms with E-state index in [0.29, 0.717) is 79.9 Å². The van der Waals surface area contributed by atoms with Crippen molar-refractivity contribution < 1.29 is 59.6 Å². The Bertz CT molecular complexity index is 3140. The number of benzene rings is 2. The zero-order chi connectivity index (χ0) is 55.0. The molecule has 0 radical (unpaired) electrons. The fraction of sp³-hybridized carbons (Fsp3) is 0.431. The first-order valence-electron chi connectivity index (χ1n) is 24.9. The lowest BCUT2D eigenvalue weighted by Gasteiger charge is -2.35. The lowest BCUT2D eigenvalue weighted by molar-refractivity contribution is -0.142. The van der Waals surface area contributed by atoms with Crippen LogP contribution in [0.2, 0.25) is 0 Å². The molecule has 0 aliphatic carbocycles. The van der Waals surface area contributed by atoms with E-state index in [2.05, 4.69) is 60.3 Å². The standard InChI is InChI=1S/C26H26F3N7O4.C15H13F3N4.C10H15N3O3/c1-25(2)39-14-18(40-25)13-38-23-30-8-6-20(32-23)33-24(37)36-17-7-9-35(12-17)19-11-31-21(34-22(19)36)15-4-3-5-16(10-15)26(27,28)29;16-15(17,18)10-3-1-2-9(6-10)13-19-7-12-14(21-13)20-11-4-5-22(12)8-11;1-10(2)15-6-7(16-10)5-14-9-12-4-3-8(11)13-9/h3-6,8,10-11,17-18H,7,9,12-14H2,1-2H3,(H,30,32,33,37);1-3,6-7,11H,4-5,8H2,(H,19,20,21);3-4,7H,5-6H2,1-2H3,(H2,11,12,13)/t17-,18+;11-;7-/m001/s1. The number of nitrogen functional groups attached to an aromatic ring is 1. The highest BCUT2D eigenvalue weighted by Crippen LogP contribution is 2.41. The van der Waals surface area contributed by atoms with E-state index >= 15 is 0 Å². The first-order chi connectivity index (χ1) is 37.1. The minimum atomic E-state index is -4.50. The molecule has 0 spiro atoms. The third-order valence-electron chi connectivity index (χ3n) is 13.1. The first-order valence-corrected chi connectivity index (χ1v) is 24.9. The Hall–Kier alpha value is -7.75. The second-order valence-corrected chi connectivity index (χ2v) is 19.8. The van der Waals surface area contributed by atoms with E-state index in [-0.39, 0.29) is 54.1 Å². The highest BCUT2D eigenvalue weighted by Gasteiger charge is 2.42. The van der Waals surface area contributed by atoms with Crippen LogP contribution in [0.1, 0.15) is 51.7 Å². The lowest BCUT2D eigenvalue weighted by atomic mass is 10.1. The van der Waals surface area contributed by atoms with Crippen molar-refractivity contribution in [3.63, 3.8) is 0 Å². The molecule has 412 valence electrons. The van der Waals surface area contributed by atoms with Gasteiger partial charge in [0.15, 0.2) is 34.9 Å². The van der Waals surface area contributed by atoms with Gasteiger partial charge in [-0.25, -0.2) is 34.7 Å². The summed E-state index contributed by atoms with van der Waals surface area (Å²) in [5.41, 5.74) is 6.12. The van der Waals surface area contributed by atoms with Crippen LogP contribution >= 0.6 is 0 Å². The molecule has 2 amide bonds. The smallest absolute Gasteiger partial charge is 0.416 e. The molecule has 4 saturated heterocycles. The number of urea groups is 1. The molecule has 12 rings (SSSR count). The number of amides is 2. The predicted octanol–water partition coefficient (Wildman–Crippen LogP) is 7.87. The van der Waals surface area contributed by atoms with Crippen LogP contribution in [0.4, 0.5) is 65.8 Å². The molecule has 4 fully saturated rings. The zero-order valence-electron chi connectivity index (χ0n) is 42.6. The number of nitrogens with zero attached hydrogens (tertiary/aromatic N) is 11. The number of halogens is 6. The van der Waals surface area contributed by atoms with Gasteiger partial charge in [0.25, 0.3) is 0 Å². The van der Waals surface area contributed by atoms with Crippen molar-refractivity contribution >= 4 is 40.7 Å². The molecule has 0 unspecified atom stereocenters. The van der Waals surface area contributed by atoms with Gasteiger partial charge < -0.3 is 49.3 Å². The number of aromatic nitrogens is 8. The molecule has 10 heterocycles. The summed E-state index contributed by atoms with van der Waals surface area (Å²) in [5.74, 6) is 0.794. The van der Waals surface area contributed by atoms with Crippen LogP contribution < -0.4 is 40.5 Å². The van der Waals surface area contributed by atoms with Crippen LogP contribution in [0.25, 0.3) is 22.8 Å². The number of nitrogens with two attached hydrogens (primary N) is 1. The van der Waals surface area contributed by atoms with E-state index in [1.165, 1.54) is 35.4 Å². The number of anilines is 6. The molecule has 4 atom stereocenters. The first kappa shape index (κ1) is 53.6. The molecular formula is C51H54F6N14O7. The van der Waals surface area contributed by atoms with Crippen LogP contribution in [-0.4, -0.2) is 134 Å². The Balaban J connectivity index is 0.000000151. The highest BCUT2D eigenvalue weighted by molar-refractivity contribution is 6.04. The number of alkyl halides is 6. The topological polar surface area (TPSA) is 235 Å². The van der Waals surface area contributed by atoms with Gasteiger partial charge in [0.05, 0.1) is 54.2 Å². The number of rotatable bonds is 9. The van der Waals surface area contributed by atoms with Gasteiger partial charge in [-0.2, -0.15) is 36.3 Å². The van der Waals surface area contributed by atoms with Crippen molar-refractivity contribution in [1.82, 2.24) is 39.9 Å². The van der Waals surface area contributed by atoms with Crippen LogP contribution in [0.15, 0.2) is 85.5 Å². The number of carbonyl (C=O) groups is 1. The molecule has 27 heteroatoms. The van der Waals surface area contributed by atoms with Gasteiger partial charge in [-0.15, -0.1) is 0 Å². The number of hydrogen-bond acceptors (Lipinski definition) is 19. The van der Waals surface area contributed by atoms with Gasteiger partial charge in [-0.3, -0.25) is 10.2 Å². The van der Waals surface area contributed by atoms with Crippen molar-refractivity contribution in [3.8, 4) is 34.8 Å². The number of fused-ring (bicyclic) bond motifs is 8. The Labute approximate surface area is 442 Å². The molecule has 21 nitrogen and oxygen atoms in total. The van der Waals surface area contributed by atoms with E-state index in [1.807, 2.05) is 27.7 Å². The maximum atomic E-state index is 13.6. The minimum Gasteiger partial charge on any atom is -0.461 e. The zero-order valence-corrected chi connectivity index (χ0v) is 42.6. The summed E-state index contributed by atoms with van der Waals surface area (Å²) >= 11 is 0. The van der Waals surface area contributed by atoms with Gasteiger partial charge in [0.1, 0.15) is 37.1 Å². The van der Waals surface area contributed by atoms with Crippen molar-refractivity contribution in [1.29, 1.82) is 0 Å². The van der Waals surface area contributed by atoms with Crippen LogP contribution in [0.5, 0.6) is 12.0 Å². The molecular weight excluding hydrogens is 1030 g/mol. The summed E-state index contributed by atoms with van der Waals surface area (Å²) in [5, 5.41) is 6.11. The average molecular weight is 1090 g/mol. The Morgan fingerprint density at radius 3 is 1.87 bits per heavy atom.